The van der Waals surface area contributed by atoms with E-state index < -0.39 is 28.5 Å². The van der Waals surface area contributed by atoms with Crippen molar-refractivity contribution in [3.8, 4) is 0 Å². The van der Waals surface area contributed by atoms with E-state index in [0.29, 0.717) is 32.3 Å². The van der Waals surface area contributed by atoms with Crippen LogP contribution in [0.5, 0.6) is 0 Å². The molecule has 0 heterocycles. The summed E-state index contributed by atoms with van der Waals surface area (Å²) in [5.74, 6) is -0.952. The molecule has 0 saturated heterocycles. The Labute approximate surface area is 241 Å². The molecule has 0 aliphatic heterocycles. The van der Waals surface area contributed by atoms with Crippen molar-refractivity contribution in [3.05, 3.63) is 92.4 Å². The fraction of sp³-hybridized carbons (Fsp3) is 0.259. The van der Waals surface area contributed by atoms with Crippen molar-refractivity contribution < 1.29 is 18.0 Å². The first-order valence-corrected chi connectivity index (χ1v) is 14.8. The topological polar surface area (TPSA) is 86.8 Å². The molecule has 3 rings (SSSR count). The van der Waals surface area contributed by atoms with Gasteiger partial charge in [-0.1, -0.05) is 69.0 Å². The van der Waals surface area contributed by atoms with Crippen molar-refractivity contribution in [1.29, 1.82) is 0 Å². The predicted molar refractivity (Wildman–Crippen MR) is 155 cm³/mol. The van der Waals surface area contributed by atoms with Crippen LogP contribution in [-0.2, 0) is 26.2 Å². The average molecular weight is 641 g/mol. The number of aryl methyl sites for hydroxylation is 1. The number of nitrogens with zero attached hydrogens (tertiary/aromatic N) is 2. The van der Waals surface area contributed by atoms with Crippen molar-refractivity contribution >= 4 is 66.7 Å². The summed E-state index contributed by atoms with van der Waals surface area (Å²) in [5.41, 5.74) is 1.76. The van der Waals surface area contributed by atoms with Crippen molar-refractivity contribution in [3.63, 3.8) is 0 Å². The van der Waals surface area contributed by atoms with E-state index >= 15 is 0 Å². The fourth-order valence-electron chi connectivity index (χ4n) is 3.74. The third kappa shape index (κ3) is 7.28. The van der Waals surface area contributed by atoms with Gasteiger partial charge in [0.15, 0.2) is 0 Å². The molecule has 1 atom stereocenters. The van der Waals surface area contributed by atoms with E-state index in [0.717, 1.165) is 9.87 Å². The van der Waals surface area contributed by atoms with Crippen molar-refractivity contribution in [2.45, 2.75) is 38.3 Å². The molecule has 0 bridgehead atoms. The normalized spacial score (nSPS) is 12.1. The zero-order valence-corrected chi connectivity index (χ0v) is 25.0. The highest BCUT2D eigenvalue weighted by Crippen LogP contribution is 2.28. The van der Waals surface area contributed by atoms with Crippen LogP contribution in [0.2, 0.25) is 10.0 Å². The van der Waals surface area contributed by atoms with Gasteiger partial charge in [-0.3, -0.25) is 13.9 Å². The molecule has 1 N–H and O–H groups in total. The molecule has 11 heteroatoms. The molecule has 3 aromatic rings. The van der Waals surface area contributed by atoms with Crippen molar-refractivity contribution in [2.75, 3.05) is 17.4 Å². The van der Waals surface area contributed by atoms with Crippen molar-refractivity contribution in [1.82, 2.24) is 10.2 Å². The van der Waals surface area contributed by atoms with Crippen LogP contribution < -0.4 is 9.62 Å². The van der Waals surface area contributed by atoms with Crippen LogP contribution in [0.1, 0.15) is 25.0 Å². The minimum Gasteiger partial charge on any atom is -0.355 e. The Bertz CT molecular complexity index is 1420. The molecule has 0 aliphatic carbocycles. The Balaban J connectivity index is 2.05. The van der Waals surface area contributed by atoms with Gasteiger partial charge in [-0.25, -0.2) is 8.42 Å². The number of nitrogens with one attached hydrogen (secondary N) is 1. The Morgan fingerprint density at radius 1 is 1.03 bits per heavy atom. The zero-order valence-electron chi connectivity index (χ0n) is 21.1. The third-order valence-corrected chi connectivity index (χ3v) is 8.73. The molecule has 2 amide bonds. The number of hydrogen-bond acceptors (Lipinski definition) is 4. The Hall–Kier alpha value is -2.59. The third-order valence-electron chi connectivity index (χ3n) is 5.86. The number of benzene rings is 3. The quantitative estimate of drug-likeness (QED) is 0.303. The van der Waals surface area contributed by atoms with Gasteiger partial charge in [0.05, 0.1) is 10.6 Å². The lowest BCUT2D eigenvalue weighted by Crippen LogP contribution is -2.51. The monoisotopic (exact) mass is 639 g/mol. The van der Waals surface area contributed by atoms with Gasteiger partial charge in [0.25, 0.3) is 10.0 Å². The van der Waals surface area contributed by atoms with E-state index in [2.05, 4.69) is 21.2 Å². The summed E-state index contributed by atoms with van der Waals surface area (Å²) < 4.78 is 29.3. The lowest BCUT2D eigenvalue weighted by atomic mass is 10.1. The van der Waals surface area contributed by atoms with Crippen LogP contribution >= 0.6 is 39.1 Å². The molecule has 3 aromatic carbocycles. The minimum atomic E-state index is -4.14. The molecule has 0 fully saturated rings. The number of amides is 2. The van der Waals surface area contributed by atoms with Crippen LogP contribution in [-0.4, -0.2) is 44.3 Å². The summed E-state index contributed by atoms with van der Waals surface area (Å²) in [4.78, 5) is 28.0. The second-order valence-electron chi connectivity index (χ2n) is 8.63. The van der Waals surface area contributed by atoms with Gasteiger partial charge in [0.1, 0.15) is 12.6 Å². The zero-order chi connectivity index (χ0) is 28.0. The van der Waals surface area contributed by atoms with E-state index in [4.69, 9.17) is 23.2 Å². The van der Waals surface area contributed by atoms with Crippen LogP contribution in [0, 0.1) is 6.92 Å². The Morgan fingerprint density at radius 2 is 1.71 bits per heavy atom. The molecular weight excluding hydrogens is 613 g/mol. The SMILES string of the molecule is CCNC(=O)[C@@H](C)N(Cc1ccc(Cl)cc1Cl)C(=O)CN(c1cccc(Br)c1)S(=O)(=O)c1ccc(C)cc1. The number of halogens is 3. The molecule has 0 radical (unpaired) electrons. The molecule has 0 saturated carbocycles. The first-order valence-electron chi connectivity index (χ1n) is 11.8. The summed E-state index contributed by atoms with van der Waals surface area (Å²) in [6, 6.07) is 17.0. The number of rotatable bonds is 10. The summed E-state index contributed by atoms with van der Waals surface area (Å²) in [5, 5.41) is 3.48. The number of anilines is 1. The smallest absolute Gasteiger partial charge is 0.264 e. The van der Waals surface area contributed by atoms with Gasteiger partial charge in [-0.05, 0) is 68.8 Å². The van der Waals surface area contributed by atoms with E-state index in [1.54, 1.807) is 68.4 Å². The summed E-state index contributed by atoms with van der Waals surface area (Å²) in [6.07, 6.45) is 0. The highest BCUT2D eigenvalue weighted by atomic mass is 79.9. The van der Waals surface area contributed by atoms with Crippen LogP contribution in [0.15, 0.2) is 76.1 Å². The van der Waals surface area contributed by atoms with E-state index in [-0.39, 0.29) is 17.3 Å². The lowest BCUT2D eigenvalue weighted by Gasteiger charge is -2.32. The molecule has 38 heavy (non-hydrogen) atoms. The van der Waals surface area contributed by atoms with Gasteiger partial charge in [-0.2, -0.15) is 0 Å². The number of carbonyl (C=O) groups excluding carboxylic acids is 2. The number of hydrogen-bond donors (Lipinski definition) is 1. The molecular formula is C27H28BrCl2N3O4S. The van der Waals surface area contributed by atoms with Gasteiger partial charge in [0.2, 0.25) is 11.8 Å². The first kappa shape index (κ1) is 30.0. The maximum absolute atomic E-state index is 13.8. The fourth-order valence-corrected chi connectivity index (χ4v) is 6.00. The van der Waals surface area contributed by atoms with E-state index in [1.807, 2.05) is 6.92 Å². The Morgan fingerprint density at radius 3 is 2.32 bits per heavy atom. The highest BCUT2D eigenvalue weighted by molar-refractivity contribution is 9.10. The first-order chi connectivity index (χ1) is 17.9. The molecule has 0 aliphatic rings. The molecule has 202 valence electrons. The lowest BCUT2D eigenvalue weighted by molar-refractivity contribution is -0.139. The molecule has 0 unspecified atom stereocenters. The van der Waals surface area contributed by atoms with Gasteiger partial charge in [-0.15, -0.1) is 0 Å². The van der Waals surface area contributed by atoms with Crippen LogP contribution in [0.25, 0.3) is 0 Å². The van der Waals surface area contributed by atoms with Crippen LogP contribution in [0.4, 0.5) is 5.69 Å². The summed E-state index contributed by atoms with van der Waals surface area (Å²) in [6.45, 7) is 5.03. The highest BCUT2D eigenvalue weighted by Gasteiger charge is 2.32. The molecule has 0 spiro atoms. The average Bonchev–Trinajstić information content (AvgIpc) is 2.86. The summed E-state index contributed by atoms with van der Waals surface area (Å²) in [7, 11) is -4.14. The van der Waals surface area contributed by atoms with E-state index in [1.165, 1.54) is 17.0 Å². The molecule has 7 nitrogen and oxygen atoms in total. The summed E-state index contributed by atoms with van der Waals surface area (Å²) >= 11 is 15.8. The second-order valence-corrected chi connectivity index (χ2v) is 12.3. The minimum absolute atomic E-state index is 0.0238. The predicted octanol–water partition coefficient (Wildman–Crippen LogP) is 5.81. The maximum Gasteiger partial charge on any atom is 0.264 e. The number of likely N-dealkylation sites (N-methyl/N-ethyl adjacent to an activating group) is 1. The maximum atomic E-state index is 13.8. The standard InChI is InChI=1S/C27H28BrCl2N3O4S/c1-4-31-27(35)19(3)32(16-20-10-11-22(29)15-25(20)30)26(34)17-33(23-7-5-6-21(28)14-23)38(36,37)24-12-8-18(2)9-13-24/h5-15,19H,4,16-17H2,1-3H3,(H,31,35)/t19-/m1/s1. The van der Waals surface area contributed by atoms with E-state index in [9.17, 15) is 18.0 Å². The Kier molecular flexibility index (Phi) is 10.2. The van der Waals surface area contributed by atoms with Gasteiger partial charge in [0, 0.05) is 27.6 Å². The van der Waals surface area contributed by atoms with Crippen molar-refractivity contribution in [2.24, 2.45) is 0 Å². The van der Waals surface area contributed by atoms with Gasteiger partial charge >= 0.3 is 0 Å². The van der Waals surface area contributed by atoms with Crippen LogP contribution in [0.3, 0.4) is 0 Å². The second kappa shape index (κ2) is 13.0. The molecule has 0 aromatic heterocycles. The largest absolute Gasteiger partial charge is 0.355 e. The number of carbonyl (C=O) groups is 2. The number of sulfonamides is 1. The van der Waals surface area contributed by atoms with Gasteiger partial charge < -0.3 is 10.2 Å².